The van der Waals surface area contributed by atoms with E-state index in [0.717, 1.165) is 16.3 Å². The number of nitrogens with one attached hydrogen (secondary N) is 2. The zero-order valence-corrected chi connectivity index (χ0v) is 16.8. The first kappa shape index (κ1) is 20.7. The van der Waals surface area contributed by atoms with Gasteiger partial charge in [-0.25, -0.2) is 9.78 Å². The SMILES string of the molecule is COc1cccc(-c2ncc(NC(=O)CCCNC(=O)OC(C)(C)C)s2)c1. The summed E-state index contributed by atoms with van der Waals surface area (Å²) in [6.07, 6.45) is 1.97. The molecule has 0 spiro atoms. The van der Waals surface area contributed by atoms with Gasteiger partial charge in [0.2, 0.25) is 5.91 Å². The first-order valence-electron chi connectivity index (χ1n) is 8.64. The Kier molecular flexibility index (Phi) is 7.18. The van der Waals surface area contributed by atoms with Crippen molar-refractivity contribution in [2.24, 2.45) is 0 Å². The number of anilines is 1. The van der Waals surface area contributed by atoms with Crippen LogP contribution in [0.1, 0.15) is 33.6 Å². The molecule has 2 N–H and O–H groups in total. The van der Waals surface area contributed by atoms with E-state index in [2.05, 4.69) is 15.6 Å². The number of amides is 2. The molecule has 146 valence electrons. The second kappa shape index (κ2) is 9.36. The second-order valence-electron chi connectivity index (χ2n) is 6.84. The van der Waals surface area contributed by atoms with Crippen molar-refractivity contribution in [3.63, 3.8) is 0 Å². The van der Waals surface area contributed by atoms with Gasteiger partial charge in [0.05, 0.1) is 13.3 Å². The van der Waals surface area contributed by atoms with Crippen LogP contribution in [0.4, 0.5) is 9.80 Å². The van der Waals surface area contributed by atoms with Crippen molar-refractivity contribution in [3.05, 3.63) is 30.5 Å². The van der Waals surface area contributed by atoms with Crippen molar-refractivity contribution in [2.45, 2.75) is 39.2 Å². The van der Waals surface area contributed by atoms with E-state index in [0.29, 0.717) is 24.4 Å². The smallest absolute Gasteiger partial charge is 0.407 e. The molecule has 0 saturated heterocycles. The first-order chi connectivity index (χ1) is 12.8. The molecule has 2 rings (SSSR count). The number of methoxy groups -OCH3 is 1. The summed E-state index contributed by atoms with van der Waals surface area (Å²) in [4.78, 5) is 27.9. The number of rotatable bonds is 7. The molecule has 0 fully saturated rings. The molecule has 0 bridgehead atoms. The number of benzene rings is 1. The van der Waals surface area contributed by atoms with Gasteiger partial charge in [0, 0.05) is 18.5 Å². The minimum atomic E-state index is -0.534. The maximum absolute atomic E-state index is 12.0. The topological polar surface area (TPSA) is 89.5 Å². The van der Waals surface area contributed by atoms with Gasteiger partial charge in [0.1, 0.15) is 21.4 Å². The lowest BCUT2D eigenvalue weighted by Gasteiger charge is -2.19. The third kappa shape index (κ3) is 7.26. The lowest BCUT2D eigenvalue weighted by atomic mass is 10.2. The third-order valence-corrected chi connectivity index (χ3v) is 4.30. The largest absolute Gasteiger partial charge is 0.497 e. The van der Waals surface area contributed by atoms with Gasteiger partial charge in [-0.2, -0.15) is 0 Å². The van der Waals surface area contributed by atoms with Gasteiger partial charge in [-0.1, -0.05) is 23.5 Å². The van der Waals surface area contributed by atoms with Crippen LogP contribution >= 0.6 is 11.3 Å². The number of hydrogen-bond donors (Lipinski definition) is 2. The van der Waals surface area contributed by atoms with Crippen molar-refractivity contribution in [1.29, 1.82) is 0 Å². The van der Waals surface area contributed by atoms with Crippen LogP contribution in [0.15, 0.2) is 30.5 Å². The summed E-state index contributed by atoms with van der Waals surface area (Å²) in [5.74, 6) is 0.632. The Bertz CT molecular complexity index is 783. The number of aromatic nitrogens is 1. The first-order valence-corrected chi connectivity index (χ1v) is 9.45. The summed E-state index contributed by atoms with van der Waals surface area (Å²) in [5.41, 5.74) is 0.398. The summed E-state index contributed by atoms with van der Waals surface area (Å²) in [7, 11) is 1.62. The molecular weight excluding hydrogens is 366 g/mol. The Morgan fingerprint density at radius 1 is 1.26 bits per heavy atom. The minimum absolute atomic E-state index is 0.123. The highest BCUT2D eigenvalue weighted by atomic mass is 32.1. The standard InChI is InChI=1S/C19H25N3O4S/c1-19(2,3)26-18(24)20-10-6-9-15(23)22-16-12-21-17(27-16)13-7-5-8-14(11-13)25-4/h5,7-8,11-12H,6,9-10H2,1-4H3,(H,20,24)(H,22,23). The molecule has 1 heterocycles. The zero-order chi connectivity index (χ0) is 19.9. The van der Waals surface area contributed by atoms with E-state index >= 15 is 0 Å². The van der Waals surface area contributed by atoms with Crippen molar-refractivity contribution in [1.82, 2.24) is 10.3 Å². The highest BCUT2D eigenvalue weighted by molar-refractivity contribution is 7.19. The van der Waals surface area contributed by atoms with E-state index in [-0.39, 0.29) is 5.91 Å². The molecule has 0 saturated carbocycles. The quantitative estimate of drug-likeness (QED) is 0.695. The summed E-state index contributed by atoms with van der Waals surface area (Å²) < 4.78 is 10.3. The Hall–Kier alpha value is -2.61. The Balaban J connectivity index is 1.76. The van der Waals surface area contributed by atoms with E-state index in [9.17, 15) is 9.59 Å². The summed E-state index contributed by atoms with van der Waals surface area (Å²) in [6, 6.07) is 7.60. The molecule has 0 aliphatic rings. The van der Waals surface area contributed by atoms with Gasteiger partial charge >= 0.3 is 6.09 Å². The fourth-order valence-corrected chi connectivity index (χ4v) is 3.00. The third-order valence-electron chi connectivity index (χ3n) is 3.33. The number of ether oxygens (including phenoxy) is 2. The zero-order valence-electron chi connectivity index (χ0n) is 16.0. The molecule has 0 atom stereocenters. The van der Waals surface area contributed by atoms with Gasteiger partial charge in [-0.05, 0) is 39.3 Å². The number of alkyl carbamates (subject to hydrolysis) is 1. The Morgan fingerprint density at radius 2 is 2.04 bits per heavy atom. The predicted molar refractivity (Wildman–Crippen MR) is 106 cm³/mol. The van der Waals surface area contributed by atoms with Crippen LogP contribution in [0.5, 0.6) is 5.75 Å². The number of nitrogens with zero attached hydrogens (tertiary/aromatic N) is 1. The summed E-state index contributed by atoms with van der Waals surface area (Å²) in [5, 5.41) is 6.94. The van der Waals surface area contributed by atoms with E-state index in [1.807, 2.05) is 24.3 Å². The monoisotopic (exact) mass is 391 g/mol. The number of hydrogen-bond acceptors (Lipinski definition) is 6. The van der Waals surface area contributed by atoms with E-state index < -0.39 is 11.7 Å². The normalized spacial score (nSPS) is 11.0. The van der Waals surface area contributed by atoms with Crippen LogP contribution in [0.3, 0.4) is 0 Å². The Morgan fingerprint density at radius 3 is 2.74 bits per heavy atom. The van der Waals surface area contributed by atoms with Gasteiger partial charge in [-0.3, -0.25) is 4.79 Å². The van der Waals surface area contributed by atoms with Crippen LogP contribution in [0.2, 0.25) is 0 Å². The maximum atomic E-state index is 12.0. The highest BCUT2D eigenvalue weighted by Gasteiger charge is 2.15. The van der Waals surface area contributed by atoms with Crippen molar-refractivity contribution in [3.8, 4) is 16.3 Å². The molecule has 27 heavy (non-hydrogen) atoms. The van der Waals surface area contributed by atoms with Crippen LogP contribution in [-0.4, -0.2) is 36.2 Å². The Labute approximate surface area is 163 Å². The van der Waals surface area contributed by atoms with E-state index in [1.165, 1.54) is 11.3 Å². The van der Waals surface area contributed by atoms with Crippen LogP contribution in [0, 0.1) is 0 Å². The molecule has 0 aliphatic heterocycles. The van der Waals surface area contributed by atoms with Gasteiger partial charge in [0.15, 0.2) is 0 Å². The number of carbonyl (C=O) groups excluding carboxylic acids is 2. The molecule has 0 radical (unpaired) electrons. The lowest BCUT2D eigenvalue weighted by molar-refractivity contribution is -0.116. The molecule has 8 heteroatoms. The van der Waals surface area contributed by atoms with Gasteiger partial charge in [0.25, 0.3) is 0 Å². The van der Waals surface area contributed by atoms with E-state index in [1.54, 1.807) is 34.1 Å². The fraction of sp³-hybridized carbons (Fsp3) is 0.421. The molecule has 2 amide bonds. The second-order valence-corrected chi connectivity index (χ2v) is 7.87. The summed E-state index contributed by atoms with van der Waals surface area (Å²) >= 11 is 1.40. The minimum Gasteiger partial charge on any atom is -0.497 e. The van der Waals surface area contributed by atoms with Crippen LogP contribution in [-0.2, 0) is 9.53 Å². The number of thiazole rings is 1. The molecule has 7 nitrogen and oxygen atoms in total. The molecular formula is C19H25N3O4S. The van der Waals surface area contributed by atoms with Crippen molar-refractivity contribution in [2.75, 3.05) is 19.0 Å². The van der Waals surface area contributed by atoms with Crippen LogP contribution in [0.25, 0.3) is 10.6 Å². The highest BCUT2D eigenvalue weighted by Crippen LogP contribution is 2.30. The molecule has 1 aromatic carbocycles. The average molecular weight is 391 g/mol. The van der Waals surface area contributed by atoms with Crippen molar-refractivity contribution < 1.29 is 19.1 Å². The molecule has 0 unspecified atom stereocenters. The van der Waals surface area contributed by atoms with Gasteiger partial charge in [-0.15, -0.1) is 0 Å². The fourth-order valence-electron chi connectivity index (χ4n) is 2.17. The number of carbonyl (C=O) groups is 2. The van der Waals surface area contributed by atoms with E-state index in [4.69, 9.17) is 9.47 Å². The average Bonchev–Trinajstić information content (AvgIpc) is 3.06. The lowest BCUT2D eigenvalue weighted by Crippen LogP contribution is -2.33. The van der Waals surface area contributed by atoms with Gasteiger partial charge < -0.3 is 20.1 Å². The maximum Gasteiger partial charge on any atom is 0.407 e. The summed E-state index contributed by atoms with van der Waals surface area (Å²) in [6.45, 7) is 5.78. The predicted octanol–water partition coefficient (Wildman–Crippen LogP) is 4.06. The van der Waals surface area contributed by atoms with Crippen molar-refractivity contribution >= 4 is 28.3 Å². The molecule has 0 aliphatic carbocycles. The van der Waals surface area contributed by atoms with Crippen LogP contribution < -0.4 is 15.4 Å². The molecule has 1 aromatic heterocycles. The molecule has 2 aromatic rings.